The van der Waals surface area contributed by atoms with Crippen molar-refractivity contribution in [2.75, 3.05) is 31.1 Å². The van der Waals surface area contributed by atoms with Crippen LogP contribution in [0, 0.1) is 5.82 Å². The first kappa shape index (κ1) is 15.3. The topological polar surface area (TPSA) is 24.5 Å². The van der Waals surface area contributed by atoms with Crippen molar-refractivity contribution >= 4 is 5.69 Å². The lowest BCUT2D eigenvalue weighted by atomic mass is 10.0. The van der Waals surface area contributed by atoms with Crippen LogP contribution in [0.5, 0.6) is 0 Å². The van der Waals surface area contributed by atoms with Gasteiger partial charge in [-0.2, -0.15) is 0 Å². The molecule has 1 fully saturated rings. The molecular formula is C16H25FN2O. The van der Waals surface area contributed by atoms with E-state index < -0.39 is 0 Å². The molecule has 0 aliphatic carbocycles. The number of morpholine rings is 1. The van der Waals surface area contributed by atoms with E-state index in [2.05, 4.69) is 31.0 Å². The van der Waals surface area contributed by atoms with Gasteiger partial charge in [0.05, 0.1) is 12.7 Å². The number of benzene rings is 1. The van der Waals surface area contributed by atoms with Crippen molar-refractivity contribution in [1.82, 2.24) is 5.32 Å². The van der Waals surface area contributed by atoms with E-state index in [4.69, 9.17) is 4.74 Å². The minimum Gasteiger partial charge on any atom is -0.375 e. The van der Waals surface area contributed by atoms with Crippen molar-refractivity contribution in [3.05, 3.63) is 29.6 Å². The van der Waals surface area contributed by atoms with Crippen LogP contribution in [0.15, 0.2) is 18.2 Å². The summed E-state index contributed by atoms with van der Waals surface area (Å²) in [5.74, 6) is -0.171. The third-order valence-corrected chi connectivity index (χ3v) is 3.74. The Balaban J connectivity index is 2.22. The Morgan fingerprint density at radius 2 is 2.30 bits per heavy atom. The molecule has 0 saturated carbocycles. The number of hydrogen-bond acceptors (Lipinski definition) is 3. The largest absolute Gasteiger partial charge is 0.375 e. The zero-order chi connectivity index (χ0) is 14.5. The van der Waals surface area contributed by atoms with Gasteiger partial charge in [0.25, 0.3) is 0 Å². The van der Waals surface area contributed by atoms with Crippen molar-refractivity contribution < 1.29 is 9.13 Å². The molecule has 2 rings (SSSR count). The van der Waals surface area contributed by atoms with Crippen LogP contribution in [0.3, 0.4) is 0 Å². The van der Waals surface area contributed by atoms with Crippen LogP contribution in [0.1, 0.15) is 38.8 Å². The molecule has 2 unspecified atom stereocenters. The number of ether oxygens (including phenoxy) is 1. The minimum atomic E-state index is -0.171. The molecule has 0 aromatic heterocycles. The van der Waals surface area contributed by atoms with E-state index in [-0.39, 0.29) is 18.0 Å². The lowest BCUT2D eigenvalue weighted by Crippen LogP contribution is -2.42. The van der Waals surface area contributed by atoms with Crippen LogP contribution in [0.4, 0.5) is 10.1 Å². The molecule has 1 aliphatic heterocycles. The molecule has 1 aromatic rings. The van der Waals surface area contributed by atoms with Gasteiger partial charge >= 0.3 is 0 Å². The summed E-state index contributed by atoms with van der Waals surface area (Å²) in [5, 5.41) is 3.44. The van der Waals surface area contributed by atoms with Gasteiger partial charge in [-0.1, -0.05) is 6.92 Å². The van der Waals surface area contributed by atoms with E-state index in [0.717, 1.165) is 43.9 Å². The van der Waals surface area contributed by atoms with Crippen molar-refractivity contribution in [3.8, 4) is 0 Å². The van der Waals surface area contributed by atoms with E-state index in [1.165, 1.54) is 0 Å². The molecule has 2 atom stereocenters. The highest BCUT2D eigenvalue weighted by Gasteiger charge is 2.21. The van der Waals surface area contributed by atoms with Gasteiger partial charge in [0, 0.05) is 24.8 Å². The molecule has 0 amide bonds. The van der Waals surface area contributed by atoms with Crippen molar-refractivity contribution in [2.24, 2.45) is 0 Å². The second-order valence-electron chi connectivity index (χ2n) is 5.51. The number of nitrogens with one attached hydrogen (secondary N) is 1. The summed E-state index contributed by atoms with van der Waals surface area (Å²) < 4.78 is 19.2. The van der Waals surface area contributed by atoms with Crippen LogP contribution < -0.4 is 10.2 Å². The van der Waals surface area contributed by atoms with Crippen molar-refractivity contribution in [3.63, 3.8) is 0 Å². The summed E-state index contributed by atoms with van der Waals surface area (Å²) in [6.45, 7) is 9.70. The second kappa shape index (κ2) is 7.04. The molecule has 20 heavy (non-hydrogen) atoms. The summed E-state index contributed by atoms with van der Waals surface area (Å²) in [5.41, 5.74) is 2.16. The molecule has 0 bridgehead atoms. The van der Waals surface area contributed by atoms with Gasteiger partial charge in [0.1, 0.15) is 5.82 Å². The fourth-order valence-electron chi connectivity index (χ4n) is 2.67. The Hall–Kier alpha value is -1.13. The molecule has 0 radical (unpaired) electrons. The number of rotatable bonds is 5. The quantitative estimate of drug-likeness (QED) is 0.897. The van der Waals surface area contributed by atoms with Gasteiger partial charge in [-0.05, 0) is 50.6 Å². The standard InChI is InChI=1S/C16H25FN2O/c1-4-7-18-13(3)15-10-14(17)5-6-16(15)19-8-9-20-12(2)11-19/h5-6,10,12-13,18H,4,7-9,11H2,1-3H3. The van der Waals surface area contributed by atoms with Crippen LogP contribution >= 0.6 is 0 Å². The number of nitrogens with zero attached hydrogens (tertiary/aromatic N) is 1. The van der Waals surface area contributed by atoms with Gasteiger partial charge in [0.2, 0.25) is 0 Å². The summed E-state index contributed by atoms with van der Waals surface area (Å²) >= 11 is 0. The Kier molecular flexibility index (Phi) is 5.38. The molecule has 1 aromatic carbocycles. The normalized spacial score (nSPS) is 21.0. The molecule has 1 N–H and O–H groups in total. The van der Waals surface area contributed by atoms with E-state index in [0.29, 0.717) is 0 Å². The van der Waals surface area contributed by atoms with E-state index in [1.54, 1.807) is 12.1 Å². The smallest absolute Gasteiger partial charge is 0.123 e. The number of hydrogen-bond donors (Lipinski definition) is 1. The van der Waals surface area contributed by atoms with Gasteiger partial charge in [0.15, 0.2) is 0 Å². The average Bonchev–Trinajstić information content (AvgIpc) is 2.44. The molecule has 1 saturated heterocycles. The maximum absolute atomic E-state index is 13.6. The van der Waals surface area contributed by atoms with Gasteiger partial charge < -0.3 is 15.0 Å². The maximum Gasteiger partial charge on any atom is 0.123 e. The Morgan fingerprint density at radius 1 is 1.50 bits per heavy atom. The zero-order valence-corrected chi connectivity index (χ0v) is 12.7. The van der Waals surface area contributed by atoms with Crippen LogP contribution in [-0.4, -0.2) is 32.3 Å². The summed E-state index contributed by atoms with van der Waals surface area (Å²) in [4.78, 5) is 2.30. The monoisotopic (exact) mass is 280 g/mol. The first-order valence-corrected chi connectivity index (χ1v) is 7.51. The number of halogens is 1. The lowest BCUT2D eigenvalue weighted by molar-refractivity contribution is 0.0531. The minimum absolute atomic E-state index is 0.152. The van der Waals surface area contributed by atoms with Gasteiger partial charge in [-0.3, -0.25) is 0 Å². The van der Waals surface area contributed by atoms with Crippen LogP contribution in [0.25, 0.3) is 0 Å². The Bertz CT molecular complexity index is 438. The fourth-order valence-corrected chi connectivity index (χ4v) is 2.67. The molecule has 112 valence electrons. The molecule has 1 aliphatic rings. The Morgan fingerprint density at radius 3 is 3.00 bits per heavy atom. The van der Waals surface area contributed by atoms with Gasteiger partial charge in [-0.15, -0.1) is 0 Å². The van der Waals surface area contributed by atoms with Crippen LogP contribution in [-0.2, 0) is 4.74 Å². The first-order chi connectivity index (χ1) is 9.61. The van der Waals surface area contributed by atoms with Crippen molar-refractivity contribution in [2.45, 2.75) is 39.3 Å². The molecular weight excluding hydrogens is 255 g/mol. The van der Waals surface area contributed by atoms with E-state index in [1.807, 2.05) is 6.07 Å². The van der Waals surface area contributed by atoms with E-state index in [9.17, 15) is 4.39 Å². The predicted molar refractivity (Wildman–Crippen MR) is 80.7 cm³/mol. The van der Waals surface area contributed by atoms with Gasteiger partial charge in [-0.25, -0.2) is 4.39 Å². The highest BCUT2D eigenvalue weighted by molar-refractivity contribution is 5.55. The second-order valence-corrected chi connectivity index (χ2v) is 5.51. The van der Waals surface area contributed by atoms with E-state index >= 15 is 0 Å². The summed E-state index contributed by atoms with van der Waals surface area (Å²) in [6.07, 6.45) is 1.30. The molecule has 1 heterocycles. The first-order valence-electron chi connectivity index (χ1n) is 7.51. The fraction of sp³-hybridized carbons (Fsp3) is 0.625. The third-order valence-electron chi connectivity index (χ3n) is 3.74. The summed E-state index contributed by atoms with van der Waals surface area (Å²) in [6, 6.07) is 5.25. The average molecular weight is 280 g/mol. The predicted octanol–water partition coefficient (Wildman–Crippen LogP) is 3.11. The highest BCUT2D eigenvalue weighted by atomic mass is 19.1. The summed E-state index contributed by atoms with van der Waals surface area (Å²) in [7, 11) is 0. The Labute approximate surface area is 121 Å². The van der Waals surface area contributed by atoms with Crippen LogP contribution in [0.2, 0.25) is 0 Å². The third kappa shape index (κ3) is 3.70. The van der Waals surface area contributed by atoms with Crippen molar-refractivity contribution in [1.29, 1.82) is 0 Å². The molecule has 4 heteroatoms. The lowest BCUT2D eigenvalue weighted by Gasteiger charge is -2.35. The molecule has 3 nitrogen and oxygen atoms in total. The number of anilines is 1. The highest BCUT2D eigenvalue weighted by Crippen LogP contribution is 2.28. The SMILES string of the molecule is CCCNC(C)c1cc(F)ccc1N1CCOC(C)C1. The molecule has 0 spiro atoms. The zero-order valence-electron chi connectivity index (χ0n) is 12.7. The maximum atomic E-state index is 13.6.